The molecule has 1 aliphatic rings. The molecule has 1 aromatic carbocycles. The van der Waals surface area contributed by atoms with Gasteiger partial charge < -0.3 is 0 Å². The Morgan fingerprint density at radius 1 is 1.44 bits per heavy atom. The van der Waals surface area contributed by atoms with E-state index >= 15 is 0 Å². The molecule has 0 aliphatic carbocycles. The van der Waals surface area contributed by atoms with Crippen LogP contribution in [0.1, 0.15) is 22.8 Å². The van der Waals surface area contributed by atoms with E-state index in [1.807, 2.05) is 0 Å². The molecule has 6 heteroatoms. The Labute approximate surface area is 94.0 Å². The topological polar surface area (TPSA) is 80.5 Å². The van der Waals surface area contributed by atoms with Gasteiger partial charge in [0.2, 0.25) is 0 Å². The van der Waals surface area contributed by atoms with Crippen molar-refractivity contribution in [3.8, 4) is 0 Å². The molecule has 5 nitrogen and oxygen atoms in total. The first kappa shape index (κ1) is 11.1. The minimum Gasteiger partial charge on any atom is -0.295 e. The third-order valence-electron chi connectivity index (χ3n) is 2.65. The molecular weight excluding hydrogens is 228 g/mol. The van der Waals surface area contributed by atoms with Crippen LogP contribution >= 0.6 is 0 Å². The van der Waals surface area contributed by atoms with Crippen LogP contribution in [0.15, 0.2) is 18.2 Å². The second-order valence-electron chi connectivity index (χ2n) is 3.77. The lowest BCUT2D eigenvalue weighted by atomic mass is 10.1. The van der Waals surface area contributed by atoms with Crippen molar-refractivity contribution in [2.24, 2.45) is 5.14 Å². The fourth-order valence-corrected chi connectivity index (χ4v) is 2.65. The van der Waals surface area contributed by atoms with Crippen molar-refractivity contribution < 1.29 is 13.2 Å². The molecule has 0 atom stereocenters. The van der Waals surface area contributed by atoms with Crippen molar-refractivity contribution >= 4 is 21.7 Å². The van der Waals surface area contributed by atoms with Crippen molar-refractivity contribution in [1.82, 2.24) is 0 Å². The van der Waals surface area contributed by atoms with E-state index in [2.05, 4.69) is 0 Å². The predicted molar refractivity (Wildman–Crippen MR) is 60.6 cm³/mol. The number of nitrogens with two attached hydrogens (primary N) is 1. The lowest BCUT2D eigenvalue weighted by Crippen LogP contribution is -2.35. The summed E-state index contributed by atoms with van der Waals surface area (Å²) < 4.78 is 23.7. The van der Waals surface area contributed by atoms with Crippen molar-refractivity contribution in [1.29, 1.82) is 0 Å². The molecule has 0 aromatic heterocycles. The Morgan fingerprint density at radius 2 is 2.12 bits per heavy atom. The van der Waals surface area contributed by atoms with Crippen molar-refractivity contribution in [2.75, 3.05) is 10.8 Å². The molecule has 2 N–H and O–H groups in total. The number of nitrogens with zero attached hydrogens (tertiary/aromatic N) is 1. The van der Waals surface area contributed by atoms with Gasteiger partial charge in [-0.1, -0.05) is 0 Å². The van der Waals surface area contributed by atoms with Gasteiger partial charge in [0.25, 0.3) is 10.2 Å². The van der Waals surface area contributed by atoms with Crippen LogP contribution in [0.5, 0.6) is 0 Å². The fourth-order valence-electron chi connectivity index (χ4n) is 1.85. The molecule has 0 saturated heterocycles. The average Bonchev–Trinajstić information content (AvgIpc) is 2.58. The Balaban J connectivity index is 2.48. The third-order valence-corrected chi connectivity index (χ3v) is 3.64. The Morgan fingerprint density at radius 3 is 2.69 bits per heavy atom. The van der Waals surface area contributed by atoms with E-state index in [1.165, 1.54) is 6.92 Å². The summed E-state index contributed by atoms with van der Waals surface area (Å²) >= 11 is 0. The number of ketones is 1. The number of Topliss-reactive ketones (excluding diaryl/α,β-unsaturated/α-hetero) is 1. The van der Waals surface area contributed by atoms with Gasteiger partial charge in [-0.3, -0.25) is 9.10 Å². The smallest absolute Gasteiger partial charge is 0.295 e. The summed E-state index contributed by atoms with van der Waals surface area (Å²) in [4.78, 5) is 11.2. The van der Waals surface area contributed by atoms with Crippen LogP contribution in [0.25, 0.3) is 0 Å². The Bertz CT molecular complexity index is 551. The summed E-state index contributed by atoms with van der Waals surface area (Å²) in [6, 6.07) is 4.97. The van der Waals surface area contributed by atoms with Gasteiger partial charge in [0, 0.05) is 12.1 Å². The van der Waals surface area contributed by atoms with Gasteiger partial charge in [-0.15, -0.1) is 0 Å². The van der Waals surface area contributed by atoms with Crippen molar-refractivity contribution in [2.45, 2.75) is 13.3 Å². The van der Waals surface area contributed by atoms with E-state index in [1.54, 1.807) is 18.2 Å². The molecule has 86 valence electrons. The Kier molecular flexibility index (Phi) is 2.47. The normalized spacial score (nSPS) is 15.0. The molecule has 1 aliphatic heterocycles. The molecule has 2 rings (SSSR count). The highest BCUT2D eigenvalue weighted by Crippen LogP contribution is 2.30. The molecule has 1 aromatic rings. The van der Waals surface area contributed by atoms with Gasteiger partial charge in [-0.05, 0) is 37.1 Å². The average molecular weight is 240 g/mol. The van der Waals surface area contributed by atoms with Crippen molar-refractivity contribution in [3.63, 3.8) is 0 Å². The number of benzene rings is 1. The first-order valence-corrected chi connectivity index (χ1v) is 6.34. The van der Waals surface area contributed by atoms with Crippen molar-refractivity contribution in [3.05, 3.63) is 29.3 Å². The molecule has 0 unspecified atom stereocenters. The van der Waals surface area contributed by atoms with E-state index in [0.717, 1.165) is 9.87 Å². The quantitative estimate of drug-likeness (QED) is 0.762. The van der Waals surface area contributed by atoms with Crippen LogP contribution < -0.4 is 9.44 Å². The molecule has 16 heavy (non-hydrogen) atoms. The SMILES string of the molecule is CC(=O)c1ccc2c(c1)CCN2S(N)(=O)=O. The van der Waals surface area contributed by atoms with E-state index in [4.69, 9.17) is 5.14 Å². The number of hydrogen-bond donors (Lipinski definition) is 1. The first-order valence-electron chi connectivity index (χ1n) is 4.84. The molecule has 0 bridgehead atoms. The van der Waals surface area contributed by atoms with Crippen LogP contribution in [0.4, 0.5) is 5.69 Å². The molecule has 0 fully saturated rings. The van der Waals surface area contributed by atoms with Gasteiger partial charge >= 0.3 is 0 Å². The maximum atomic E-state index is 11.3. The van der Waals surface area contributed by atoms with Crippen LogP contribution in [0.3, 0.4) is 0 Å². The highest BCUT2D eigenvalue weighted by Gasteiger charge is 2.26. The summed E-state index contributed by atoms with van der Waals surface area (Å²) in [5.41, 5.74) is 2.02. The maximum Gasteiger partial charge on any atom is 0.299 e. The minimum atomic E-state index is -3.70. The lowest BCUT2D eigenvalue weighted by molar-refractivity contribution is 0.101. The minimum absolute atomic E-state index is 0.0307. The number of hydrogen-bond acceptors (Lipinski definition) is 3. The number of rotatable bonds is 2. The van der Waals surface area contributed by atoms with Gasteiger partial charge in [0.15, 0.2) is 5.78 Å². The molecule has 0 amide bonds. The summed E-state index contributed by atoms with van der Waals surface area (Å²) in [6.07, 6.45) is 0.590. The van der Waals surface area contributed by atoms with Crippen LogP contribution in [-0.2, 0) is 16.6 Å². The van der Waals surface area contributed by atoms with E-state index in [9.17, 15) is 13.2 Å². The van der Waals surface area contributed by atoms with Gasteiger partial charge in [0.1, 0.15) is 0 Å². The van der Waals surface area contributed by atoms with Gasteiger partial charge in [0.05, 0.1) is 5.69 Å². The van der Waals surface area contributed by atoms with E-state index < -0.39 is 10.2 Å². The van der Waals surface area contributed by atoms with Gasteiger partial charge in [-0.25, -0.2) is 5.14 Å². The molecule has 1 heterocycles. The zero-order valence-electron chi connectivity index (χ0n) is 8.80. The number of carbonyl (C=O) groups excluding carboxylic acids is 1. The van der Waals surface area contributed by atoms with Crippen LogP contribution in [-0.4, -0.2) is 20.7 Å². The predicted octanol–water partition coefficient (Wildman–Crippen LogP) is 0.455. The number of fused-ring (bicyclic) bond motifs is 1. The largest absolute Gasteiger partial charge is 0.299 e. The standard InChI is InChI=1S/C10H12N2O3S/c1-7(13)8-2-3-10-9(6-8)4-5-12(10)16(11,14)15/h2-3,6H,4-5H2,1H3,(H2,11,14,15). The second kappa shape index (κ2) is 3.57. The highest BCUT2D eigenvalue weighted by atomic mass is 32.2. The Hall–Kier alpha value is -1.40. The monoisotopic (exact) mass is 240 g/mol. The third kappa shape index (κ3) is 1.81. The summed E-state index contributed by atoms with van der Waals surface area (Å²) in [5.74, 6) is -0.0307. The van der Waals surface area contributed by atoms with Gasteiger partial charge in [-0.2, -0.15) is 8.42 Å². The fraction of sp³-hybridized carbons (Fsp3) is 0.300. The second-order valence-corrected chi connectivity index (χ2v) is 5.24. The molecule has 0 spiro atoms. The zero-order valence-corrected chi connectivity index (χ0v) is 9.62. The summed E-state index contributed by atoms with van der Waals surface area (Å²) in [7, 11) is -3.70. The molecular formula is C10H12N2O3S. The van der Waals surface area contributed by atoms with Crippen LogP contribution in [0.2, 0.25) is 0 Å². The number of carbonyl (C=O) groups is 1. The van der Waals surface area contributed by atoms with E-state index in [0.29, 0.717) is 24.2 Å². The maximum absolute atomic E-state index is 11.3. The number of anilines is 1. The molecule has 0 radical (unpaired) electrons. The van der Waals surface area contributed by atoms with Crippen LogP contribution in [0, 0.1) is 0 Å². The van der Waals surface area contributed by atoms with E-state index in [-0.39, 0.29) is 5.78 Å². The zero-order chi connectivity index (χ0) is 11.9. The lowest BCUT2D eigenvalue weighted by Gasteiger charge is -2.15. The summed E-state index contributed by atoms with van der Waals surface area (Å²) in [5, 5.41) is 5.08. The highest BCUT2D eigenvalue weighted by molar-refractivity contribution is 7.90. The summed E-state index contributed by atoms with van der Waals surface area (Å²) in [6.45, 7) is 1.82. The first-order chi connectivity index (χ1) is 7.39. The molecule has 0 saturated carbocycles.